The molecule has 0 unspecified atom stereocenters. The number of para-hydroxylation sites is 2. The van der Waals surface area contributed by atoms with Crippen molar-refractivity contribution < 1.29 is 0 Å². The SMILES string of the molecule is Clc1cccc(Cl)c1CSc1n[nH]c2nc3ccccc3n12. The Morgan fingerprint density at radius 1 is 1.05 bits per heavy atom. The maximum atomic E-state index is 6.22. The van der Waals surface area contributed by atoms with Crippen LogP contribution in [-0.4, -0.2) is 19.6 Å². The predicted octanol–water partition coefficient (Wildman–Crippen LogP) is 4.81. The summed E-state index contributed by atoms with van der Waals surface area (Å²) in [5.41, 5.74) is 2.88. The molecule has 110 valence electrons. The molecule has 4 rings (SSSR count). The highest BCUT2D eigenvalue weighted by molar-refractivity contribution is 7.98. The molecule has 4 nitrogen and oxygen atoms in total. The molecule has 1 N–H and O–H groups in total. The Labute approximate surface area is 140 Å². The summed E-state index contributed by atoms with van der Waals surface area (Å²) < 4.78 is 2.00. The molecule has 0 saturated carbocycles. The van der Waals surface area contributed by atoms with Gasteiger partial charge in [0.15, 0.2) is 5.16 Å². The van der Waals surface area contributed by atoms with Crippen molar-refractivity contribution in [2.24, 2.45) is 0 Å². The van der Waals surface area contributed by atoms with E-state index in [4.69, 9.17) is 23.2 Å². The van der Waals surface area contributed by atoms with Gasteiger partial charge < -0.3 is 0 Å². The summed E-state index contributed by atoms with van der Waals surface area (Å²) >= 11 is 14.0. The Morgan fingerprint density at radius 2 is 1.82 bits per heavy atom. The number of thioether (sulfide) groups is 1. The Kier molecular flexibility index (Phi) is 3.48. The van der Waals surface area contributed by atoms with E-state index < -0.39 is 0 Å². The van der Waals surface area contributed by atoms with Crippen LogP contribution in [0, 0.1) is 0 Å². The molecule has 4 aromatic rings. The van der Waals surface area contributed by atoms with E-state index in [0.717, 1.165) is 27.5 Å². The average molecular weight is 349 g/mol. The van der Waals surface area contributed by atoms with Crippen molar-refractivity contribution in [1.29, 1.82) is 0 Å². The van der Waals surface area contributed by atoms with E-state index >= 15 is 0 Å². The van der Waals surface area contributed by atoms with Gasteiger partial charge in [-0.25, -0.2) is 10.1 Å². The standard InChI is InChI=1S/C15H10Cl2N4S/c16-10-4-3-5-11(17)9(10)8-22-15-20-19-14-18-12-6-1-2-7-13(12)21(14)15/h1-7H,8H2,(H,18,19). The molecule has 0 spiro atoms. The number of imidazole rings is 1. The van der Waals surface area contributed by atoms with Crippen LogP contribution in [0.5, 0.6) is 0 Å². The van der Waals surface area contributed by atoms with Crippen molar-refractivity contribution in [2.75, 3.05) is 0 Å². The van der Waals surface area contributed by atoms with Gasteiger partial charge in [-0.15, -0.1) is 5.10 Å². The van der Waals surface area contributed by atoms with Crippen molar-refractivity contribution in [3.63, 3.8) is 0 Å². The third-order valence-electron chi connectivity index (χ3n) is 3.41. The van der Waals surface area contributed by atoms with E-state index in [1.807, 2.05) is 46.9 Å². The molecule has 0 atom stereocenters. The van der Waals surface area contributed by atoms with Gasteiger partial charge in [0.25, 0.3) is 0 Å². The molecule has 0 fully saturated rings. The van der Waals surface area contributed by atoms with E-state index in [-0.39, 0.29) is 0 Å². The van der Waals surface area contributed by atoms with Crippen LogP contribution in [0.15, 0.2) is 47.6 Å². The summed E-state index contributed by atoms with van der Waals surface area (Å²) in [6.07, 6.45) is 0. The van der Waals surface area contributed by atoms with Crippen LogP contribution in [-0.2, 0) is 5.75 Å². The molecule has 2 heterocycles. The minimum Gasteiger partial charge on any atom is -0.254 e. The second-order valence-corrected chi connectivity index (χ2v) is 6.51. The van der Waals surface area contributed by atoms with Gasteiger partial charge in [-0.05, 0) is 29.8 Å². The first-order chi connectivity index (χ1) is 10.7. The number of hydrogen-bond acceptors (Lipinski definition) is 3. The lowest BCUT2D eigenvalue weighted by Crippen LogP contribution is -1.89. The van der Waals surface area contributed by atoms with Crippen LogP contribution in [0.2, 0.25) is 10.0 Å². The molecular formula is C15H10Cl2N4S. The molecule has 0 aliphatic heterocycles. The first-order valence-corrected chi connectivity index (χ1v) is 8.35. The summed E-state index contributed by atoms with van der Waals surface area (Å²) in [6.45, 7) is 0. The normalized spacial score (nSPS) is 11.5. The van der Waals surface area contributed by atoms with Crippen LogP contribution in [0.25, 0.3) is 16.8 Å². The van der Waals surface area contributed by atoms with E-state index in [1.54, 1.807) is 11.8 Å². The van der Waals surface area contributed by atoms with E-state index in [0.29, 0.717) is 15.8 Å². The Balaban J connectivity index is 1.73. The van der Waals surface area contributed by atoms with Crippen LogP contribution in [0.3, 0.4) is 0 Å². The van der Waals surface area contributed by atoms with Crippen molar-refractivity contribution >= 4 is 51.8 Å². The van der Waals surface area contributed by atoms with Crippen molar-refractivity contribution in [3.05, 3.63) is 58.1 Å². The van der Waals surface area contributed by atoms with Crippen LogP contribution in [0.4, 0.5) is 0 Å². The van der Waals surface area contributed by atoms with Gasteiger partial charge in [0.1, 0.15) is 0 Å². The lowest BCUT2D eigenvalue weighted by Gasteiger charge is -2.05. The zero-order chi connectivity index (χ0) is 15.1. The number of hydrogen-bond donors (Lipinski definition) is 1. The van der Waals surface area contributed by atoms with Crippen LogP contribution < -0.4 is 0 Å². The van der Waals surface area contributed by atoms with Gasteiger partial charge in [0, 0.05) is 15.8 Å². The molecule has 0 aliphatic rings. The minimum absolute atomic E-state index is 0.644. The van der Waals surface area contributed by atoms with E-state index in [9.17, 15) is 0 Å². The number of H-pyrrole nitrogens is 1. The highest BCUT2D eigenvalue weighted by Crippen LogP contribution is 2.31. The predicted molar refractivity (Wildman–Crippen MR) is 90.9 cm³/mol. The Morgan fingerprint density at radius 3 is 2.64 bits per heavy atom. The molecule has 2 aromatic carbocycles. The van der Waals surface area contributed by atoms with Crippen molar-refractivity contribution in [3.8, 4) is 0 Å². The van der Waals surface area contributed by atoms with Gasteiger partial charge in [-0.3, -0.25) is 4.40 Å². The number of fused-ring (bicyclic) bond motifs is 3. The number of aromatic nitrogens is 4. The van der Waals surface area contributed by atoms with Gasteiger partial charge >= 0.3 is 0 Å². The summed E-state index contributed by atoms with van der Waals surface area (Å²) in [4.78, 5) is 4.51. The number of rotatable bonds is 3. The Bertz CT molecular complexity index is 956. The van der Waals surface area contributed by atoms with E-state index in [2.05, 4.69) is 15.2 Å². The topological polar surface area (TPSA) is 46.0 Å². The summed E-state index contributed by atoms with van der Waals surface area (Å²) in [7, 11) is 0. The fourth-order valence-electron chi connectivity index (χ4n) is 2.35. The molecular weight excluding hydrogens is 339 g/mol. The maximum Gasteiger partial charge on any atom is 0.231 e. The summed E-state index contributed by atoms with van der Waals surface area (Å²) in [6, 6.07) is 13.5. The molecule has 0 radical (unpaired) electrons. The second-order valence-electron chi connectivity index (χ2n) is 4.75. The maximum absolute atomic E-state index is 6.22. The van der Waals surface area contributed by atoms with E-state index in [1.165, 1.54) is 0 Å². The first kappa shape index (κ1) is 13.9. The number of nitrogens with zero attached hydrogens (tertiary/aromatic N) is 3. The largest absolute Gasteiger partial charge is 0.254 e. The van der Waals surface area contributed by atoms with Crippen LogP contribution in [0.1, 0.15) is 5.56 Å². The third kappa shape index (κ3) is 2.26. The molecule has 0 aliphatic carbocycles. The number of aromatic amines is 1. The zero-order valence-corrected chi connectivity index (χ0v) is 13.6. The molecule has 7 heteroatoms. The number of halogens is 2. The zero-order valence-electron chi connectivity index (χ0n) is 11.3. The highest BCUT2D eigenvalue weighted by atomic mass is 35.5. The van der Waals surface area contributed by atoms with Gasteiger partial charge in [0.05, 0.1) is 11.0 Å². The summed E-state index contributed by atoms with van der Waals surface area (Å²) in [5, 5.41) is 9.46. The Hall–Kier alpha value is -1.69. The van der Waals surface area contributed by atoms with Gasteiger partial charge in [-0.1, -0.05) is 53.2 Å². The first-order valence-electron chi connectivity index (χ1n) is 6.61. The van der Waals surface area contributed by atoms with Gasteiger partial charge in [0.2, 0.25) is 5.78 Å². The lowest BCUT2D eigenvalue weighted by molar-refractivity contribution is 0.940. The molecule has 0 amide bonds. The number of nitrogens with one attached hydrogen (secondary N) is 1. The second kappa shape index (κ2) is 5.50. The van der Waals surface area contributed by atoms with Gasteiger partial charge in [-0.2, -0.15) is 0 Å². The highest BCUT2D eigenvalue weighted by Gasteiger charge is 2.13. The van der Waals surface area contributed by atoms with Crippen molar-refractivity contribution in [2.45, 2.75) is 10.9 Å². The molecule has 2 aromatic heterocycles. The average Bonchev–Trinajstić information content (AvgIpc) is 3.06. The van der Waals surface area contributed by atoms with Crippen LogP contribution >= 0.6 is 35.0 Å². The third-order valence-corrected chi connectivity index (χ3v) is 5.08. The lowest BCUT2D eigenvalue weighted by atomic mass is 10.2. The molecule has 0 bridgehead atoms. The monoisotopic (exact) mass is 348 g/mol. The number of benzene rings is 2. The molecule has 22 heavy (non-hydrogen) atoms. The van der Waals surface area contributed by atoms with Crippen molar-refractivity contribution in [1.82, 2.24) is 19.6 Å². The fourth-order valence-corrected chi connectivity index (χ4v) is 4.04. The summed E-state index contributed by atoms with van der Waals surface area (Å²) in [5.74, 6) is 1.37. The molecule has 0 saturated heterocycles. The fraction of sp³-hybridized carbons (Fsp3) is 0.0667. The quantitative estimate of drug-likeness (QED) is 0.540. The minimum atomic E-state index is 0.644. The smallest absolute Gasteiger partial charge is 0.231 e.